The van der Waals surface area contributed by atoms with Gasteiger partial charge in [0.1, 0.15) is 10.6 Å². The van der Waals surface area contributed by atoms with Crippen molar-refractivity contribution in [2.45, 2.75) is 17.7 Å². The van der Waals surface area contributed by atoms with Crippen LogP contribution in [0.3, 0.4) is 0 Å². The minimum absolute atomic E-state index is 0.0111. The topological polar surface area (TPSA) is 87.7 Å². The van der Waals surface area contributed by atoms with E-state index in [1.54, 1.807) is 18.2 Å². The molecule has 8 heteroatoms. The number of methoxy groups -OCH3 is 1. The van der Waals surface area contributed by atoms with E-state index in [4.69, 9.17) is 4.74 Å². The molecule has 1 amide bonds. The molecule has 0 spiro atoms. The Morgan fingerprint density at radius 1 is 0.875 bits per heavy atom. The molecule has 0 radical (unpaired) electrons. The Labute approximate surface area is 188 Å². The Kier molecular flexibility index (Phi) is 6.43. The van der Waals surface area contributed by atoms with Crippen molar-refractivity contribution < 1.29 is 17.9 Å². The fraction of sp³-hybridized carbons (Fsp3) is 0.208. The highest BCUT2D eigenvalue weighted by atomic mass is 32.2. The van der Waals surface area contributed by atoms with Crippen LogP contribution in [0.4, 0.5) is 17.1 Å². The summed E-state index contributed by atoms with van der Waals surface area (Å²) in [6.07, 6.45) is 1.66. The number of ether oxygens (including phenoxy) is 1. The number of hydrogen-bond acceptors (Lipinski definition) is 5. The number of amides is 1. The lowest BCUT2D eigenvalue weighted by Crippen LogP contribution is -2.28. The van der Waals surface area contributed by atoms with Gasteiger partial charge < -0.3 is 15.4 Å². The number of rotatable bonds is 7. The minimum atomic E-state index is -3.73. The molecular formula is C24H25N3O4S. The second-order valence-corrected chi connectivity index (χ2v) is 9.41. The summed E-state index contributed by atoms with van der Waals surface area (Å²) in [5.74, 6) is -0.168. The zero-order valence-corrected chi connectivity index (χ0v) is 18.6. The molecule has 3 aromatic carbocycles. The van der Waals surface area contributed by atoms with Gasteiger partial charge in [-0.3, -0.25) is 4.79 Å². The van der Waals surface area contributed by atoms with E-state index in [0.29, 0.717) is 18.8 Å². The molecule has 1 aliphatic heterocycles. The third-order valence-corrected chi connectivity index (χ3v) is 7.23. The SMILES string of the molecule is COc1ccc(C(=O)Nc2ccc(Nc3ccccc3)cc2)cc1S(=O)(=O)N1CCCC1. The molecule has 7 nitrogen and oxygen atoms in total. The van der Waals surface area contributed by atoms with Gasteiger partial charge in [-0.25, -0.2) is 8.42 Å². The predicted molar refractivity (Wildman–Crippen MR) is 125 cm³/mol. The Balaban J connectivity index is 1.51. The second kappa shape index (κ2) is 9.42. The Morgan fingerprint density at radius 3 is 2.16 bits per heavy atom. The molecule has 4 rings (SSSR count). The number of sulfonamides is 1. The number of carbonyl (C=O) groups is 1. The highest BCUT2D eigenvalue weighted by molar-refractivity contribution is 7.89. The normalized spacial score (nSPS) is 14.2. The van der Waals surface area contributed by atoms with Gasteiger partial charge in [-0.1, -0.05) is 18.2 Å². The summed E-state index contributed by atoms with van der Waals surface area (Å²) in [5, 5.41) is 6.10. The van der Waals surface area contributed by atoms with Crippen molar-refractivity contribution >= 4 is 33.0 Å². The van der Waals surface area contributed by atoms with Crippen molar-refractivity contribution in [3.8, 4) is 5.75 Å². The van der Waals surface area contributed by atoms with Crippen LogP contribution in [0.5, 0.6) is 5.75 Å². The van der Waals surface area contributed by atoms with Gasteiger partial charge in [-0.2, -0.15) is 4.31 Å². The Morgan fingerprint density at radius 2 is 1.50 bits per heavy atom. The van der Waals surface area contributed by atoms with Gasteiger partial charge in [0, 0.05) is 35.7 Å². The highest BCUT2D eigenvalue weighted by Crippen LogP contribution is 2.30. The number of nitrogens with one attached hydrogen (secondary N) is 2. The van der Waals surface area contributed by atoms with E-state index in [1.807, 2.05) is 42.5 Å². The number of benzene rings is 3. The Bertz CT molecular complexity index is 1190. The molecule has 0 aromatic heterocycles. The van der Waals surface area contributed by atoms with Crippen molar-refractivity contribution in [2.75, 3.05) is 30.8 Å². The first-order valence-electron chi connectivity index (χ1n) is 10.4. The minimum Gasteiger partial charge on any atom is -0.495 e. The fourth-order valence-corrected chi connectivity index (χ4v) is 5.31. The molecule has 166 valence electrons. The van der Waals surface area contributed by atoms with E-state index in [1.165, 1.54) is 23.5 Å². The number of para-hydroxylation sites is 1. The van der Waals surface area contributed by atoms with Crippen LogP contribution in [-0.4, -0.2) is 38.8 Å². The van der Waals surface area contributed by atoms with Crippen LogP contribution in [-0.2, 0) is 10.0 Å². The molecule has 2 N–H and O–H groups in total. The van der Waals surface area contributed by atoms with Crippen LogP contribution in [0.2, 0.25) is 0 Å². The van der Waals surface area contributed by atoms with Gasteiger partial charge >= 0.3 is 0 Å². The lowest BCUT2D eigenvalue weighted by Gasteiger charge is -2.18. The molecule has 0 bridgehead atoms. The molecule has 1 aliphatic rings. The summed E-state index contributed by atoms with van der Waals surface area (Å²) in [5.41, 5.74) is 2.70. The van der Waals surface area contributed by atoms with Crippen molar-refractivity contribution in [3.63, 3.8) is 0 Å². The zero-order valence-electron chi connectivity index (χ0n) is 17.7. The summed E-state index contributed by atoms with van der Waals surface area (Å²) in [4.78, 5) is 12.8. The second-order valence-electron chi connectivity index (χ2n) is 7.50. The maximum Gasteiger partial charge on any atom is 0.255 e. The van der Waals surface area contributed by atoms with Crippen LogP contribution >= 0.6 is 0 Å². The van der Waals surface area contributed by atoms with Crippen LogP contribution in [0.1, 0.15) is 23.2 Å². The third kappa shape index (κ3) is 4.76. The van der Waals surface area contributed by atoms with Gasteiger partial charge in [0.2, 0.25) is 10.0 Å². The molecule has 1 saturated heterocycles. The van der Waals surface area contributed by atoms with E-state index in [0.717, 1.165) is 24.2 Å². The molecule has 32 heavy (non-hydrogen) atoms. The molecule has 3 aromatic rings. The Hall–Kier alpha value is -3.36. The van der Waals surface area contributed by atoms with Gasteiger partial charge in [0.25, 0.3) is 5.91 Å². The lowest BCUT2D eigenvalue weighted by atomic mass is 10.2. The summed E-state index contributed by atoms with van der Waals surface area (Å²) >= 11 is 0. The first-order valence-corrected chi connectivity index (χ1v) is 11.8. The van der Waals surface area contributed by atoms with Gasteiger partial charge in [-0.15, -0.1) is 0 Å². The number of carbonyl (C=O) groups excluding carboxylic acids is 1. The summed E-state index contributed by atoms with van der Waals surface area (Å²) in [7, 11) is -2.31. The first kappa shape index (κ1) is 21.9. The smallest absolute Gasteiger partial charge is 0.255 e. The average Bonchev–Trinajstić information content (AvgIpc) is 3.37. The largest absolute Gasteiger partial charge is 0.495 e. The van der Waals surface area contributed by atoms with Crippen molar-refractivity contribution in [2.24, 2.45) is 0 Å². The molecule has 1 heterocycles. The van der Waals surface area contributed by atoms with Crippen LogP contribution < -0.4 is 15.4 Å². The fourth-order valence-electron chi connectivity index (χ4n) is 3.62. The first-order chi connectivity index (χ1) is 15.5. The molecular weight excluding hydrogens is 426 g/mol. The monoisotopic (exact) mass is 451 g/mol. The van der Waals surface area contributed by atoms with Crippen molar-refractivity contribution in [1.29, 1.82) is 0 Å². The number of nitrogens with zero attached hydrogens (tertiary/aromatic N) is 1. The summed E-state index contributed by atoms with van der Waals surface area (Å²) < 4.78 is 32.8. The van der Waals surface area contributed by atoms with Gasteiger partial charge in [0.15, 0.2) is 0 Å². The third-order valence-electron chi connectivity index (χ3n) is 5.31. The van der Waals surface area contributed by atoms with Crippen LogP contribution in [0, 0.1) is 0 Å². The predicted octanol–water partition coefficient (Wildman–Crippen LogP) is 4.48. The number of hydrogen-bond donors (Lipinski definition) is 2. The molecule has 0 aliphatic carbocycles. The lowest BCUT2D eigenvalue weighted by molar-refractivity contribution is 0.102. The summed E-state index contributed by atoms with van der Waals surface area (Å²) in [6, 6.07) is 21.5. The van der Waals surface area contributed by atoms with Crippen molar-refractivity contribution in [3.05, 3.63) is 78.4 Å². The van der Waals surface area contributed by atoms with E-state index in [2.05, 4.69) is 10.6 Å². The summed E-state index contributed by atoms with van der Waals surface area (Å²) in [6.45, 7) is 0.955. The quantitative estimate of drug-likeness (QED) is 0.553. The molecule has 0 unspecified atom stereocenters. The highest BCUT2D eigenvalue weighted by Gasteiger charge is 2.30. The number of anilines is 3. The molecule has 0 saturated carbocycles. The van der Waals surface area contributed by atoms with Crippen LogP contribution in [0.25, 0.3) is 0 Å². The van der Waals surface area contributed by atoms with Gasteiger partial charge in [0.05, 0.1) is 7.11 Å². The van der Waals surface area contributed by atoms with Crippen molar-refractivity contribution in [1.82, 2.24) is 4.31 Å². The van der Waals surface area contributed by atoms with Gasteiger partial charge in [-0.05, 0) is 67.4 Å². The van der Waals surface area contributed by atoms with E-state index in [-0.39, 0.29) is 16.2 Å². The zero-order chi connectivity index (χ0) is 22.6. The van der Waals surface area contributed by atoms with E-state index < -0.39 is 15.9 Å². The van der Waals surface area contributed by atoms with E-state index in [9.17, 15) is 13.2 Å². The maximum atomic E-state index is 13.0. The van der Waals surface area contributed by atoms with Crippen LogP contribution in [0.15, 0.2) is 77.7 Å². The standard InChI is InChI=1S/C24H25N3O4S/c1-31-22-14-9-18(17-23(22)32(29,30)27-15-5-6-16-27)24(28)26-21-12-10-20(11-13-21)25-19-7-3-2-4-8-19/h2-4,7-14,17,25H,5-6,15-16H2,1H3,(H,26,28). The molecule has 0 atom stereocenters. The average molecular weight is 452 g/mol. The molecule has 1 fully saturated rings. The maximum absolute atomic E-state index is 13.0. The van der Waals surface area contributed by atoms with E-state index >= 15 is 0 Å².